The van der Waals surface area contributed by atoms with Gasteiger partial charge in [-0.3, -0.25) is 9.36 Å². The monoisotopic (exact) mass is 356 g/mol. The molecule has 130 valence electrons. The van der Waals surface area contributed by atoms with Crippen molar-refractivity contribution in [2.24, 2.45) is 5.92 Å². The lowest BCUT2D eigenvalue weighted by atomic mass is 10.1. The molecule has 0 saturated carbocycles. The van der Waals surface area contributed by atoms with Gasteiger partial charge in [0.15, 0.2) is 0 Å². The molecule has 2 aromatic heterocycles. The molecule has 1 aromatic carbocycles. The van der Waals surface area contributed by atoms with Gasteiger partial charge in [0, 0.05) is 17.5 Å². The summed E-state index contributed by atoms with van der Waals surface area (Å²) in [6.07, 6.45) is 0.818. The van der Waals surface area contributed by atoms with Crippen LogP contribution < -0.4 is 5.56 Å². The fraction of sp³-hybridized carbons (Fsp3) is 0.316. The largest absolute Gasteiger partial charge is 0.478 e. The fourth-order valence-electron chi connectivity index (χ4n) is 2.70. The second-order valence-electron chi connectivity index (χ2n) is 6.58. The Morgan fingerprint density at radius 1 is 1.28 bits per heavy atom. The molecule has 0 radical (unpaired) electrons. The first kappa shape index (κ1) is 17.4. The molecular weight excluding hydrogens is 336 g/mol. The quantitative estimate of drug-likeness (QED) is 0.744. The molecule has 0 bridgehead atoms. The number of aryl methyl sites for hydroxylation is 1. The normalized spacial score (nSPS) is 11.4. The number of nitrogens with zero attached hydrogens (tertiary/aromatic N) is 2. The molecule has 0 spiro atoms. The van der Waals surface area contributed by atoms with Crippen molar-refractivity contribution >= 4 is 27.5 Å². The predicted molar refractivity (Wildman–Crippen MR) is 100 cm³/mol. The Labute approximate surface area is 149 Å². The van der Waals surface area contributed by atoms with Gasteiger partial charge in [-0.1, -0.05) is 43.7 Å². The van der Waals surface area contributed by atoms with Gasteiger partial charge < -0.3 is 5.11 Å². The van der Waals surface area contributed by atoms with Crippen molar-refractivity contribution in [2.45, 2.75) is 33.7 Å². The van der Waals surface area contributed by atoms with E-state index in [2.05, 4.69) is 18.8 Å². The Bertz CT molecular complexity index is 984. The zero-order valence-electron chi connectivity index (χ0n) is 14.4. The first-order valence-corrected chi connectivity index (χ1v) is 9.08. The van der Waals surface area contributed by atoms with Gasteiger partial charge in [-0.15, -0.1) is 11.3 Å². The molecule has 5 nitrogen and oxygen atoms in total. The average Bonchev–Trinajstić information content (AvgIpc) is 2.99. The highest BCUT2D eigenvalue weighted by molar-refractivity contribution is 7.17. The second-order valence-corrected chi connectivity index (χ2v) is 7.43. The molecule has 3 aromatic rings. The molecule has 1 N–H and O–H groups in total. The Balaban J connectivity index is 2.27. The maximum absolute atomic E-state index is 13.1. The number of aromatic nitrogens is 2. The van der Waals surface area contributed by atoms with Crippen molar-refractivity contribution in [3.63, 3.8) is 0 Å². The van der Waals surface area contributed by atoms with Gasteiger partial charge >= 0.3 is 5.97 Å². The molecule has 0 fully saturated rings. The summed E-state index contributed by atoms with van der Waals surface area (Å²) < 4.78 is 1.62. The minimum Gasteiger partial charge on any atom is -0.478 e. The van der Waals surface area contributed by atoms with E-state index in [1.165, 1.54) is 16.7 Å². The Morgan fingerprint density at radius 2 is 1.96 bits per heavy atom. The van der Waals surface area contributed by atoms with Crippen molar-refractivity contribution in [3.8, 4) is 11.4 Å². The van der Waals surface area contributed by atoms with Crippen molar-refractivity contribution in [3.05, 3.63) is 51.1 Å². The third-order valence-corrected chi connectivity index (χ3v) is 5.04. The van der Waals surface area contributed by atoms with Crippen LogP contribution in [0.4, 0.5) is 0 Å². The molecule has 0 aliphatic rings. The van der Waals surface area contributed by atoms with Gasteiger partial charge in [-0.25, -0.2) is 9.78 Å². The molecule has 25 heavy (non-hydrogen) atoms. The zero-order valence-corrected chi connectivity index (χ0v) is 15.3. The Morgan fingerprint density at radius 3 is 2.56 bits per heavy atom. The van der Waals surface area contributed by atoms with Crippen LogP contribution in [0.25, 0.3) is 21.6 Å². The Kier molecular flexibility index (Phi) is 4.72. The number of benzene rings is 1. The number of carboxylic acid groups (broad SMARTS) is 1. The van der Waals surface area contributed by atoms with Crippen molar-refractivity contribution < 1.29 is 9.90 Å². The van der Waals surface area contributed by atoms with Crippen LogP contribution in [0.2, 0.25) is 0 Å². The predicted octanol–water partition coefficient (Wildman–Crippen LogP) is 4.18. The zero-order chi connectivity index (χ0) is 18.1. The van der Waals surface area contributed by atoms with E-state index in [1.54, 1.807) is 4.57 Å². The highest BCUT2D eigenvalue weighted by Gasteiger charge is 2.20. The lowest BCUT2D eigenvalue weighted by molar-refractivity contribution is 0.0699. The highest BCUT2D eigenvalue weighted by atomic mass is 32.1. The van der Waals surface area contributed by atoms with Crippen LogP contribution in [0, 0.1) is 12.8 Å². The highest BCUT2D eigenvalue weighted by Crippen LogP contribution is 2.26. The van der Waals surface area contributed by atoms with Crippen LogP contribution in [0.5, 0.6) is 0 Å². The number of carboxylic acids is 1. The van der Waals surface area contributed by atoms with Crippen molar-refractivity contribution in [1.29, 1.82) is 0 Å². The lowest BCUT2D eigenvalue weighted by Crippen LogP contribution is -2.25. The lowest BCUT2D eigenvalue weighted by Gasteiger charge is -2.14. The SMILES string of the molecule is Cc1ccc(-c2nc3scc(C(=O)O)c3c(=O)n2CCC(C)C)cc1. The van der Waals surface area contributed by atoms with E-state index in [-0.39, 0.29) is 16.5 Å². The average molecular weight is 356 g/mol. The molecule has 6 heteroatoms. The molecule has 0 aliphatic carbocycles. The third-order valence-electron chi connectivity index (χ3n) is 4.16. The summed E-state index contributed by atoms with van der Waals surface area (Å²) in [7, 11) is 0. The molecular formula is C19H20N2O3S. The summed E-state index contributed by atoms with van der Waals surface area (Å²) in [6.45, 7) is 6.70. The summed E-state index contributed by atoms with van der Waals surface area (Å²) in [6, 6.07) is 7.85. The number of rotatable bonds is 5. The van der Waals surface area contributed by atoms with Crippen LogP contribution in [0.3, 0.4) is 0 Å². The Hall–Kier alpha value is -2.47. The molecule has 2 heterocycles. The van der Waals surface area contributed by atoms with Crippen molar-refractivity contribution in [2.75, 3.05) is 0 Å². The number of fused-ring (bicyclic) bond motifs is 1. The molecule has 0 saturated heterocycles. The van der Waals surface area contributed by atoms with Gasteiger partial charge in [0.1, 0.15) is 10.7 Å². The molecule has 3 rings (SSSR count). The maximum Gasteiger partial charge on any atom is 0.337 e. The molecule has 0 aliphatic heterocycles. The van der Waals surface area contributed by atoms with E-state index in [0.717, 1.165) is 17.5 Å². The summed E-state index contributed by atoms with van der Waals surface area (Å²) in [5.74, 6) is -0.0736. The number of thiophene rings is 1. The van der Waals surface area contributed by atoms with Gasteiger partial charge in [0.25, 0.3) is 5.56 Å². The smallest absolute Gasteiger partial charge is 0.337 e. The standard InChI is InChI=1S/C19H20N2O3S/c1-11(2)8-9-21-16(13-6-4-12(3)5-7-13)20-17-15(18(21)22)14(10-25-17)19(23)24/h4-7,10-11H,8-9H2,1-3H3,(H,23,24). The first-order chi connectivity index (χ1) is 11.9. The van der Waals surface area contributed by atoms with Crippen LogP contribution in [-0.2, 0) is 6.54 Å². The number of hydrogen-bond donors (Lipinski definition) is 1. The number of carbonyl (C=O) groups is 1. The van der Waals surface area contributed by atoms with Crippen LogP contribution in [0.1, 0.15) is 36.2 Å². The second kappa shape index (κ2) is 6.80. The summed E-state index contributed by atoms with van der Waals surface area (Å²) in [5, 5.41) is 11.1. The van der Waals surface area contributed by atoms with E-state index in [9.17, 15) is 14.7 Å². The topological polar surface area (TPSA) is 72.2 Å². The number of hydrogen-bond acceptors (Lipinski definition) is 4. The molecule has 0 amide bonds. The van der Waals surface area contributed by atoms with Crippen LogP contribution in [0.15, 0.2) is 34.4 Å². The molecule has 0 atom stereocenters. The maximum atomic E-state index is 13.1. The minimum atomic E-state index is -1.09. The van der Waals surface area contributed by atoms with Crippen molar-refractivity contribution in [1.82, 2.24) is 9.55 Å². The van der Waals surface area contributed by atoms with Crippen LogP contribution >= 0.6 is 11.3 Å². The third kappa shape index (κ3) is 3.35. The van der Waals surface area contributed by atoms with Gasteiger partial charge in [-0.05, 0) is 19.3 Å². The first-order valence-electron chi connectivity index (χ1n) is 8.21. The van der Waals surface area contributed by atoms with Gasteiger partial charge in [0.2, 0.25) is 0 Å². The van der Waals surface area contributed by atoms with E-state index in [4.69, 9.17) is 0 Å². The summed E-state index contributed by atoms with van der Waals surface area (Å²) in [5.41, 5.74) is 1.75. The van der Waals surface area contributed by atoms with Gasteiger partial charge in [-0.2, -0.15) is 0 Å². The van der Waals surface area contributed by atoms with E-state index >= 15 is 0 Å². The fourth-order valence-corrected chi connectivity index (χ4v) is 3.60. The van der Waals surface area contributed by atoms with E-state index in [0.29, 0.717) is 23.1 Å². The summed E-state index contributed by atoms with van der Waals surface area (Å²) >= 11 is 1.20. The van der Waals surface area contributed by atoms with Gasteiger partial charge in [0.05, 0.1) is 10.9 Å². The van der Waals surface area contributed by atoms with Crippen LogP contribution in [-0.4, -0.2) is 20.6 Å². The summed E-state index contributed by atoms with van der Waals surface area (Å²) in [4.78, 5) is 29.6. The van der Waals surface area contributed by atoms with E-state index in [1.807, 2.05) is 31.2 Å². The molecule has 0 unspecified atom stereocenters. The minimum absolute atomic E-state index is 0.0336. The number of aromatic carboxylic acids is 1. The van der Waals surface area contributed by atoms with E-state index < -0.39 is 5.97 Å².